The van der Waals surface area contributed by atoms with E-state index >= 15 is 0 Å². The largest absolute Gasteiger partial charge is 0.486 e. The van der Waals surface area contributed by atoms with Crippen molar-refractivity contribution in [2.24, 2.45) is 0 Å². The van der Waals surface area contributed by atoms with Crippen molar-refractivity contribution in [2.75, 3.05) is 19.7 Å². The molecule has 0 spiro atoms. The lowest BCUT2D eigenvalue weighted by atomic mass is 10.2. The van der Waals surface area contributed by atoms with Gasteiger partial charge >= 0.3 is 0 Å². The summed E-state index contributed by atoms with van der Waals surface area (Å²) in [7, 11) is 0. The van der Waals surface area contributed by atoms with Gasteiger partial charge in [-0.15, -0.1) is 0 Å². The summed E-state index contributed by atoms with van der Waals surface area (Å²) < 4.78 is 17.5. The minimum atomic E-state index is -0.561. The van der Waals surface area contributed by atoms with Gasteiger partial charge < -0.3 is 19.1 Å². The molecule has 1 amide bonds. The monoisotopic (exact) mass is 355 g/mol. The molecule has 0 saturated heterocycles. The Hall–Kier alpha value is -2.69. The fourth-order valence-corrected chi connectivity index (χ4v) is 2.90. The Bertz CT molecular complexity index is 744. The van der Waals surface area contributed by atoms with Gasteiger partial charge in [-0.05, 0) is 45.0 Å². The summed E-state index contributed by atoms with van der Waals surface area (Å²) in [5.74, 6) is 2.10. The SMILES string of the molecule is CCN(CC1COc2ccccc2O1)C(=O)C(C)Oc1ccc(C)cc1. The van der Waals surface area contributed by atoms with Crippen molar-refractivity contribution in [3.05, 3.63) is 54.1 Å². The van der Waals surface area contributed by atoms with Crippen LogP contribution in [0.25, 0.3) is 0 Å². The van der Waals surface area contributed by atoms with E-state index in [1.807, 2.05) is 62.4 Å². The number of amides is 1. The molecule has 0 bridgehead atoms. The van der Waals surface area contributed by atoms with Gasteiger partial charge in [0, 0.05) is 6.54 Å². The highest BCUT2D eigenvalue weighted by Crippen LogP contribution is 2.31. The molecule has 1 aliphatic heterocycles. The van der Waals surface area contributed by atoms with E-state index < -0.39 is 6.10 Å². The first-order chi connectivity index (χ1) is 12.6. The Labute approximate surface area is 154 Å². The first kappa shape index (κ1) is 18.1. The minimum Gasteiger partial charge on any atom is -0.486 e. The van der Waals surface area contributed by atoms with Gasteiger partial charge in [0.2, 0.25) is 0 Å². The predicted molar refractivity (Wildman–Crippen MR) is 99.9 cm³/mol. The lowest BCUT2D eigenvalue weighted by Gasteiger charge is -2.32. The molecule has 1 aliphatic rings. The average Bonchev–Trinajstić information content (AvgIpc) is 2.67. The number of benzene rings is 2. The fraction of sp³-hybridized carbons (Fsp3) is 0.381. The zero-order valence-corrected chi connectivity index (χ0v) is 15.5. The van der Waals surface area contributed by atoms with Crippen LogP contribution in [0, 0.1) is 6.92 Å². The van der Waals surface area contributed by atoms with Crippen LogP contribution in [0.4, 0.5) is 0 Å². The second kappa shape index (κ2) is 8.13. The van der Waals surface area contributed by atoms with E-state index in [1.165, 1.54) is 0 Å². The molecule has 2 atom stereocenters. The van der Waals surface area contributed by atoms with Crippen molar-refractivity contribution in [3.8, 4) is 17.2 Å². The van der Waals surface area contributed by atoms with E-state index in [9.17, 15) is 4.79 Å². The fourth-order valence-electron chi connectivity index (χ4n) is 2.90. The van der Waals surface area contributed by atoms with Crippen molar-refractivity contribution < 1.29 is 19.0 Å². The van der Waals surface area contributed by atoms with Crippen molar-refractivity contribution in [1.82, 2.24) is 4.90 Å². The number of hydrogen-bond donors (Lipinski definition) is 0. The van der Waals surface area contributed by atoms with Gasteiger partial charge in [-0.1, -0.05) is 29.8 Å². The summed E-state index contributed by atoms with van der Waals surface area (Å²) >= 11 is 0. The molecule has 0 radical (unpaired) electrons. The molecular weight excluding hydrogens is 330 g/mol. The standard InChI is InChI=1S/C21H25NO4/c1-4-22(13-18-14-24-19-7-5-6-8-20(19)26-18)21(23)16(3)25-17-11-9-15(2)10-12-17/h5-12,16,18H,4,13-14H2,1-3H3. The predicted octanol–water partition coefficient (Wildman–Crippen LogP) is 3.45. The van der Waals surface area contributed by atoms with E-state index in [1.54, 1.807) is 11.8 Å². The van der Waals surface area contributed by atoms with Crippen LogP contribution in [-0.4, -0.2) is 42.7 Å². The van der Waals surface area contributed by atoms with Gasteiger partial charge in [0.05, 0.1) is 6.54 Å². The number of carbonyl (C=O) groups excluding carboxylic acids is 1. The average molecular weight is 355 g/mol. The summed E-state index contributed by atoms with van der Waals surface area (Å²) in [5.41, 5.74) is 1.15. The van der Waals surface area contributed by atoms with Crippen LogP contribution in [0.5, 0.6) is 17.2 Å². The molecule has 0 saturated carbocycles. The van der Waals surface area contributed by atoms with E-state index in [4.69, 9.17) is 14.2 Å². The van der Waals surface area contributed by atoms with Gasteiger partial charge in [-0.3, -0.25) is 4.79 Å². The molecule has 2 unspecified atom stereocenters. The van der Waals surface area contributed by atoms with Crippen LogP contribution in [0.1, 0.15) is 19.4 Å². The van der Waals surface area contributed by atoms with E-state index in [2.05, 4.69) is 0 Å². The number of para-hydroxylation sites is 2. The van der Waals surface area contributed by atoms with E-state index in [0.717, 1.165) is 17.1 Å². The molecular formula is C21H25NO4. The Kier molecular flexibility index (Phi) is 5.66. The summed E-state index contributed by atoms with van der Waals surface area (Å²) in [5, 5.41) is 0. The molecule has 2 aromatic carbocycles. The molecule has 5 nitrogen and oxygen atoms in total. The molecule has 0 N–H and O–H groups in total. The molecule has 0 aromatic heterocycles. The molecule has 0 aliphatic carbocycles. The quantitative estimate of drug-likeness (QED) is 0.796. The van der Waals surface area contributed by atoms with E-state index in [0.29, 0.717) is 25.4 Å². The van der Waals surface area contributed by atoms with Crippen LogP contribution in [0.15, 0.2) is 48.5 Å². The summed E-state index contributed by atoms with van der Waals surface area (Å²) in [6.07, 6.45) is -0.755. The number of rotatable bonds is 6. The topological polar surface area (TPSA) is 48.0 Å². The highest BCUT2D eigenvalue weighted by atomic mass is 16.6. The molecule has 5 heteroatoms. The first-order valence-electron chi connectivity index (χ1n) is 8.97. The third kappa shape index (κ3) is 4.28. The molecule has 26 heavy (non-hydrogen) atoms. The summed E-state index contributed by atoms with van der Waals surface area (Å²) in [6.45, 7) is 7.22. The van der Waals surface area contributed by atoms with Gasteiger partial charge in [0.1, 0.15) is 12.4 Å². The Morgan fingerprint density at radius 1 is 1.19 bits per heavy atom. The third-order valence-electron chi connectivity index (χ3n) is 4.37. The van der Waals surface area contributed by atoms with Crippen molar-refractivity contribution in [3.63, 3.8) is 0 Å². The minimum absolute atomic E-state index is 0.0597. The number of aryl methyl sites for hydroxylation is 1. The molecule has 2 aromatic rings. The van der Waals surface area contributed by atoms with Crippen LogP contribution in [0.2, 0.25) is 0 Å². The van der Waals surface area contributed by atoms with Crippen LogP contribution >= 0.6 is 0 Å². The molecule has 1 heterocycles. The second-order valence-electron chi connectivity index (χ2n) is 6.45. The Balaban J connectivity index is 1.59. The van der Waals surface area contributed by atoms with Gasteiger partial charge in [-0.25, -0.2) is 0 Å². The lowest BCUT2D eigenvalue weighted by Crippen LogP contribution is -2.47. The molecule has 3 rings (SSSR count). The van der Waals surface area contributed by atoms with Crippen LogP contribution in [0.3, 0.4) is 0 Å². The van der Waals surface area contributed by atoms with Crippen molar-refractivity contribution >= 4 is 5.91 Å². The Morgan fingerprint density at radius 3 is 2.58 bits per heavy atom. The van der Waals surface area contributed by atoms with Gasteiger partial charge in [0.15, 0.2) is 23.7 Å². The normalized spacial score (nSPS) is 16.7. The zero-order chi connectivity index (χ0) is 18.5. The number of fused-ring (bicyclic) bond motifs is 1. The van der Waals surface area contributed by atoms with E-state index in [-0.39, 0.29) is 12.0 Å². The van der Waals surface area contributed by atoms with Gasteiger partial charge in [0.25, 0.3) is 5.91 Å². The highest BCUT2D eigenvalue weighted by Gasteiger charge is 2.27. The molecule has 138 valence electrons. The number of hydrogen-bond acceptors (Lipinski definition) is 4. The molecule has 0 fully saturated rings. The first-order valence-corrected chi connectivity index (χ1v) is 8.97. The number of nitrogens with zero attached hydrogens (tertiary/aromatic N) is 1. The Morgan fingerprint density at radius 2 is 1.88 bits per heavy atom. The van der Waals surface area contributed by atoms with Gasteiger partial charge in [-0.2, -0.15) is 0 Å². The van der Waals surface area contributed by atoms with Crippen molar-refractivity contribution in [2.45, 2.75) is 33.0 Å². The summed E-state index contributed by atoms with van der Waals surface area (Å²) in [6, 6.07) is 15.3. The third-order valence-corrected chi connectivity index (χ3v) is 4.37. The maximum absolute atomic E-state index is 12.8. The number of likely N-dealkylation sites (N-methyl/N-ethyl adjacent to an activating group) is 1. The second-order valence-corrected chi connectivity index (χ2v) is 6.45. The highest BCUT2D eigenvalue weighted by molar-refractivity contribution is 5.81. The van der Waals surface area contributed by atoms with Crippen LogP contribution < -0.4 is 14.2 Å². The number of carbonyl (C=O) groups is 1. The zero-order valence-electron chi connectivity index (χ0n) is 15.5. The summed E-state index contributed by atoms with van der Waals surface area (Å²) in [4.78, 5) is 14.5. The maximum Gasteiger partial charge on any atom is 0.263 e. The van der Waals surface area contributed by atoms with Crippen LogP contribution in [-0.2, 0) is 4.79 Å². The number of ether oxygens (including phenoxy) is 3. The lowest BCUT2D eigenvalue weighted by molar-refractivity contribution is -0.139. The van der Waals surface area contributed by atoms with Crippen molar-refractivity contribution in [1.29, 1.82) is 0 Å². The maximum atomic E-state index is 12.8. The smallest absolute Gasteiger partial charge is 0.263 e.